The average Bonchev–Trinajstić information content (AvgIpc) is 3.11. The number of fused-ring (bicyclic) bond motifs is 1. The molecule has 0 fully saturated rings. The Morgan fingerprint density at radius 1 is 1.00 bits per heavy atom. The summed E-state index contributed by atoms with van der Waals surface area (Å²) in [4.78, 5) is 13.1. The lowest BCUT2D eigenvalue weighted by Crippen LogP contribution is -2.39. The monoisotopic (exact) mass is 486 g/mol. The van der Waals surface area contributed by atoms with Gasteiger partial charge in [-0.3, -0.25) is 4.79 Å². The Morgan fingerprint density at radius 3 is 2.39 bits per heavy atom. The molecular weight excluding hydrogens is 450 g/mol. The van der Waals surface area contributed by atoms with Crippen LogP contribution in [0.15, 0.2) is 72.3 Å². The van der Waals surface area contributed by atoms with Crippen LogP contribution in [0.5, 0.6) is 5.75 Å². The number of quaternary nitrogens is 1. The molecule has 1 amide bonds. The topological polar surface area (TPSA) is 84.6 Å². The molecule has 36 heavy (non-hydrogen) atoms. The number of nitrogens with two attached hydrogens (primary N) is 1. The summed E-state index contributed by atoms with van der Waals surface area (Å²) in [5, 5.41) is 12.2. The minimum Gasteiger partial charge on any atom is -0.493 e. The summed E-state index contributed by atoms with van der Waals surface area (Å²) in [5.41, 5.74) is 12.5. The van der Waals surface area contributed by atoms with Crippen molar-refractivity contribution in [3.63, 3.8) is 0 Å². The van der Waals surface area contributed by atoms with Crippen LogP contribution in [0.1, 0.15) is 29.5 Å². The van der Waals surface area contributed by atoms with E-state index in [0.29, 0.717) is 25.1 Å². The van der Waals surface area contributed by atoms with Crippen LogP contribution in [0.25, 0.3) is 17.2 Å². The summed E-state index contributed by atoms with van der Waals surface area (Å²) in [7, 11) is 4.31. The number of hydrogen-bond donors (Lipinski definition) is 3. The highest BCUT2D eigenvalue weighted by molar-refractivity contribution is 6.07. The zero-order valence-electron chi connectivity index (χ0n) is 21.2. The van der Waals surface area contributed by atoms with Gasteiger partial charge in [0.25, 0.3) is 5.91 Å². The van der Waals surface area contributed by atoms with Crippen molar-refractivity contribution < 1.29 is 19.1 Å². The molecule has 3 aromatic rings. The Bertz CT molecular complexity index is 1220. The molecule has 6 heteroatoms. The van der Waals surface area contributed by atoms with E-state index in [4.69, 9.17) is 15.6 Å². The predicted octanol–water partition coefficient (Wildman–Crippen LogP) is 4.58. The van der Waals surface area contributed by atoms with Crippen molar-refractivity contribution in [2.45, 2.75) is 25.9 Å². The Balaban J connectivity index is 1.47. The molecule has 0 atom stereocenters. The SMILES string of the molecule is C[N+](C)(CCCO)Cc1ccc(NC(=O)C2=Cc3cc(-c4ccc(CN)cc4)ccc3OCC2)cc1. The first-order chi connectivity index (χ1) is 17.4. The van der Waals surface area contributed by atoms with Gasteiger partial charge in [0.05, 0.1) is 27.2 Å². The largest absolute Gasteiger partial charge is 0.493 e. The molecule has 0 radical (unpaired) electrons. The standard InChI is InChI=1S/C30H35N3O3/c1-33(2,15-3-16-34)21-23-6-11-28(12-7-23)32-30(35)26-14-17-36-29-13-10-25(18-27(29)19-26)24-8-4-22(20-31)5-9-24/h4-13,18-19,34H,3,14-17,20-21,31H2,1-2H3/p+1. The Morgan fingerprint density at radius 2 is 1.69 bits per heavy atom. The first-order valence-corrected chi connectivity index (χ1v) is 12.5. The molecule has 1 aliphatic rings. The second-order valence-electron chi connectivity index (χ2n) is 9.97. The number of amides is 1. The van der Waals surface area contributed by atoms with Gasteiger partial charge < -0.3 is 25.4 Å². The summed E-state index contributed by atoms with van der Waals surface area (Å²) in [6, 6.07) is 22.3. The van der Waals surface area contributed by atoms with Crippen LogP contribution in [-0.4, -0.2) is 49.4 Å². The third-order valence-electron chi connectivity index (χ3n) is 6.53. The number of anilines is 1. The molecular formula is C30H36N3O3+. The van der Waals surface area contributed by atoms with Crippen LogP contribution in [-0.2, 0) is 17.9 Å². The van der Waals surface area contributed by atoms with Crippen LogP contribution in [0, 0.1) is 0 Å². The van der Waals surface area contributed by atoms with Crippen molar-refractivity contribution in [2.75, 3.05) is 39.2 Å². The molecule has 0 bridgehead atoms. The molecule has 0 aromatic heterocycles. The van der Waals surface area contributed by atoms with Crippen molar-refractivity contribution in [3.05, 3.63) is 89.0 Å². The maximum atomic E-state index is 13.1. The van der Waals surface area contributed by atoms with E-state index in [1.165, 1.54) is 5.56 Å². The third kappa shape index (κ3) is 6.61. The second-order valence-corrected chi connectivity index (χ2v) is 9.97. The van der Waals surface area contributed by atoms with Gasteiger partial charge >= 0.3 is 0 Å². The van der Waals surface area contributed by atoms with Gasteiger partial charge in [0.15, 0.2) is 0 Å². The molecule has 0 spiro atoms. The van der Waals surface area contributed by atoms with Crippen molar-refractivity contribution in [1.29, 1.82) is 0 Å². The summed E-state index contributed by atoms with van der Waals surface area (Å²) < 4.78 is 6.73. The predicted molar refractivity (Wildman–Crippen MR) is 145 cm³/mol. The van der Waals surface area contributed by atoms with E-state index in [-0.39, 0.29) is 12.5 Å². The number of carbonyl (C=O) groups excluding carboxylic acids is 1. The van der Waals surface area contributed by atoms with Crippen molar-refractivity contribution >= 4 is 17.7 Å². The van der Waals surface area contributed by atoms with Gasteiger partial charge in [-0.2, -0.15) is 0 Å². The van der Waals surface area contributed by atoms with Crippen LogP contribution >= 0.6 is 0 Å². The van der Waals surface area contributed by atoms with Gasteiger partial charge in [-0.05, 0) is 47.0 Å². The van der Waals surface area contributed by atoms with Crippen LogP contribution < -0.4 is 15.8 Å². The van der Waals surface area contributed by atoms with E-state index in [2.05, 4.69) is 49.7 Å². The molecule has 0 saturated heterocycles. The van der Waals surface area contributed by atoms with Gasteiger partial charge in [0.1, 0.15) is 12.3 Å². The summed E-state index contributed by atoms with van der Waals surface area (Å²) in [5.74, 6) is 0.669. The van der Waals surface area contributed by atoms with E-state index in [1.54, 1.807) is 0 Å². The van der Waals surface area contributed by atoms with Crippen LogP contribution in [0.4, 0.5) is 5.69 Å². The van der Waals surface area contributed by atoms with Gasteiger partial charge in [0.2, 0.25) is 0 Å². The first-order valence-electron chi connectivity index (χ1n) is 12.5. The van der Waals surface area contributed by atoms with Gasteiger partial charge in [-0.15, -0.1) is 0 Å². The lowest BCUT2D eigenvalue weighted by molar-refractivity contribution is -0.903. The molecule has 0 unspecified atom stereocenters. The van der Waals surface area contributed by atoms with Crippen LogP contribution in [0.3, 0.4) is 0 Å². The maximum absolute atomic E-state index is 13.1. The molecule has 4 N–H and O–H groups in total. The highest BCUT2D eigenvalue weighted by Gasteiger charge is 2.18. The lowest BCUT2D eigenvalue weighted by atomic mass is 10.00. The number of ether oxygens (including phenoxy) is 1. The highest BCUT2D eigenvalue weighted by Crippen LogP contribution is 2.31. The molecule has 0 saturated carbocycles. The second kappa shape index (κ2) is 11.5. The number of aliphatic hydroxyl groups excluding tert-OH is 1. The number of aliphatic hydroxyl groups is 1. The fraction of sp³-hybridized carbons (Fsp3) is 0.300. The Kier molecular flexibility index (Phi) is 8.21. The summed E-state index contributed by atoms with van der Waals surface area (Å²) in [6.45, 7) is 2.96. The number of rotatable bonds is 9. The van der Waals surface area contributed by atoms with E-state index < -0.39 is 0 Å². The van der Waals surface area contributed by atoms with E-state index >= 15 is 0 Å². The summed E-state index contributed by atoms with van der Waals surface area (Å²) in [6.07, 6.45) is 3.26. The minimum atomic E-state index is -0.115. The van der Waals surface area contributed by atoms with Gasteiger partial charge in [-0.25, -0.2) is 0 Å². The molecule has 1 heterocycles. The Labute approximate surface area is 213 Å². The fourth-order valence-electron chi connectivity index (χ4n) is 4.49. The molecule has 0 aliphatic carbocycles. The fourth-order valence-corrected chi connectivity index (χ4v) is 4.49. The zero-order chi connectivity index (χ0) is 25.5. The number of nitrogens with zero attached hydrogens (tertiary/aromatic N) is 1. The van der Waals surface area contributed by atoms with Crippen molar-refractivity contribution in [3.8, 4) is 16.9 Å². The third-order valence-corrected chi connectivity index (χ3v) is 6.53. The lowest BCUT2D eigenvalue weighted by Gasteiger charge is -2.29. The van der Waals surface area contributed by atoms with Crippen LogP contribution in [0.2, 0.25) is 0 Å². The molecule has 3 aromatic carbocycles. The Hall–Kier alpha value is -3.45. The number of hydrogen-bond acceptors (Lipinski definition) is 4. The first kappa shape index (κ1) is 25.6. The highest BCUT2D eigenvalue weighted by atomic mass is 16.5. The summed E-state index contributed by atoms with van der Waals surface area (Å²) >= 11 is 0. The number of benzene rings is 3. The molecule has 188 valence electrons. The minimum absolute atomic E-state index is 0.115. The molecule has 4 rings (SSSR count). The maximum Gasteiger partial charge on any atom is 0.251 e. The van der Waals surface area contributed by atoms with E-state index in [0.717, 1.165) is 57.7 Å². The van der Waals surface area contributed by atoms with E-state index in [9.17, 15) is 4.79 Å². The van der Waals surface area contributed by atoms with E-state index in [1.807, 2.05) is 42.5 Å². The molecule has 6 nitrogen and oxygen atoms in total. The zero-order valence-corrected chi connectivity index (χ0v) is 21.2. The van der Waals surface area contributed by atoms with Crippen molar-refractivity contribution in [1.82, 2.24) is 0 Å². The van der Waals surface area contributed by atoms with Gasteiger partial charge in [-0.1, -0.05) is 42.5 Å². The van der Waals surface area contributed by atoms with Gasteiger partial charge in [0, 0.05) is 48.4 Å². The number of carbonyl (C=O) groups is 1. The van der Waals surface area contributed by atoms with Crippen molar-refractivity contribution in [2.24, 2.45) is 5.73 Å². The number of nitrogens with one attached hydrogen (secondary N) is 1. The molecule has 1 aliphatic heterocycles. The smallest absolute Gasteiger partial charge is 0.251 e. The average molecular weight is 487 g/mol. The normalized spacial score (nSPS) is 13.3. The quantitative estimate of drug-likeness (QED) is 0.387.